The van der Waals surface area contributed by atoms with Crippen LogP contribution in [0, 0.1) is 6.92 Å². The number of furan rings is 1. The molecule has 0 spiro atoms. The van der Waals surface area contributed by atoms with E-state index in [0.29, 0.717) is 5.92 Å². The van der Waals surface area contributed by atoms with E-state index in [1.807, 2.05) is 12.1 Å². The van der Waals surface area contributed by atoms with E-state index in [9.17, 15) is 0 Å². The third-order valence-electron chi connectivity index (χ3n) is 4.48. The molecule has 1 nitrogen and oxygen atoms in total. The van der Waals surface area contributed by atoms with Crippen molar-refractivity contribution in [2.24, 2.45) is 0 Å². The average molecular weight is 300 g/mol. The number of benzene rings is 3. The monoisotopic (exact) mass is 300 g/mol. The van der Waals surface area contributed by atoms with Crippen molar-refractivity contribution in [1.82, 2.24) is 0 Å². The van der Waals surface area contributed by atoms with Gasteiger partial charge in [0.15, 0.2) is 0 Å². The summed E-state index contributed by atoms with van der Waals surface area (Å²) in [4.78, 5) is 0. The lowest BCUT2D eigenvalue weighted by Gasteiger charge is -2.11. The minimum absolute atomic E-state index is 0.517. The van der Waals surface area contributed by atoms with Gasteiger partial charge < -0.3 is 4.42 Å². The number of hydrogen-bond donors (Lipinski definition) is 0. The van der Waals surface area contributed by atoms with Gasteiger partial charge in [0.1, 0.15) is 11.2 Å². The van der Waals surface area contributed by atoms with Crippen molar-refractivity contribution in [3.05, 3.63) is 71.8 Å². The fourth-order valence-electron chi connectivity index (χ4n) is 3.28. The molecule has 0 saturated carbocycles. The zero-order chi connectivity index (χ0) is 16.0. The molecule has 0 saturated heterocycles. The fourth-order valence-corrected chi connectivity index (χ4v) is 3.28. The molecule has 0 aliphatic carbocycles. The first kappa shape index (κ1) is 14.1. The van der Waals surface area contributed by atoms with E-state index in [-0.39, 0.29) is 0 Å². The predicted molar refractivity (Wildman–Crippen MR) is 98.0 cm³/mol. The van der Waals surface area contributed by atoms with Crippen LogP contribution in [0.5, 0.6) is 0 Å². The van der Waals surface area contributed by atoms with Gasteiger partial charge in [-0.2, -0.15) is 0 Å². The quantitative estimate of drug-likeness (QED) is 0.402. The lowest BCUT2D eigenvalue weighted by Crippen LogP contribution is -1.90. The van der Waals surface area contributed by atoms with Crippen molar-refractivity contribution >= 4 is 21.9 Å². The topological polar surface area (TPSA) is 13.1 Å². The summed E-state index contributed by atoms with van der Waals surface area (Å²) in [6.07, 6.45) is 0. The average Bonchev–Trinajstić information content (AvgIpc) is 2.92. The SMILES string of the molecule is Cc1cc(-c2cccc3c2oc2ccccc23)cc(C(C)C)c1. The van der Waals surface area contributed by atoms with Crippen LogP contribution >= 0.6 is 0 Å². The number of para-hydroxylation sites is 2. The van der Waals surface area contributed by atoms with Crippen LogP contribution in [0.4, 0.5) is 0 Å². The minimum atomic E-state index is 0.517. The second-order valence-corrected chi connectivity index (χ2v) is 6.57. The van der Waals surface area contributed by atoms with E-state index < -0.39 is 0 Å². The molecule has 0 atom stereocenters. The van der Waals surface area contributed by atoms with Gasteiger partial charge in [0.25, 0.3) is 0 Å². The molecule has 1 aromatic heterocycles. The van der Waals surface area contributed by atoms with Gasteiger partial charge in [-0.1, -0.05) is 74.0 Å². The standard InChI is InChI=1S/C22H20O/c1-14(2)16-11-15(3)12-17(13-16)18-8-6-9-20-19-7-4-5-10-21(19)23-22(18)20/h4-14H,1-3H3. The van der Waals surface area contributed by atoms with Crippen molar-refractivity contribution in [2.75, 3.05) is 0 Å². The Balaban J connectivity index is 2.03. The molecular weight excluding hydrogens is 280 g/mol. The van der Waals surface area contributed by atoms with E-state index in [2.05, 4.69) is 69.3 Å². The lowest BCUT2D eigenvalue weighted by atomic mass is 9.94. The van der Waals surface area contributed by atoms with Gasteiger partial charge in [0.2, 0.25) is 0 Å². The summed E-state index contributed by atoms with van der Waals surface area (Å²) in [5, 5.41) is 2.37. The van der Waals surface area contributed by atoms with Crippen LogP contribution in [0.1, 0.15) is 30.9 Å². The molecule has 0 bridgehead atoms. The molecule has 0 N–H and O–H groups in total. The molecule has 1 heterocycles. The third kappa shape index (κ3) is 2.33. The summed E-state index contributed by atoms with van der Waals surface area (Å²) in [7, 11) is 0. The van der Waals surface area contributed by atoms with Crippen LogP contribution in [0.3, 0.4) is 0 Å². The molecule has 114 valence electrons. The molecule has 4 rings (SSSR count). The molecule has 0 radical (unpaired) electrons. The van der Waals surface area contributed by atoms with Gasteiger partial charge in [-0.25, -0.2) is 0 Å². The summed E-state index contributed by atoms with van der Waals surface area (Å²) in [6.45, 7) is 6.63. The zero-order valence-electron chi connectivity index (χ0n) is 13.8. The first-order chi connectivity index (χ1) is 11.1. The van der Waals surface area contributed by atoms with E-state index in [1.54, 1.807) is 0 Å². The van der Waals surface area contributed by atoms with E-state index in [4.69, 9.17) is 4.42 Å². The van der Waals surface area contributed by atoms with Crippen LogP contribution < -0.4 is 0 Å². The molecule has 0 fully saturated rings. The third-order valence-corrected chi connectivity index (χ3v) is 4.48. The number of fused-ring (bicyclic) bond motifs is 3. The van der Waals surface area contributed by atoms with Gasteiger partial charge in [-0.05, 0) is 30.0 Å². The number of hydrogen-bond acceptors (Lipinski definition) is 1. The smallest absolute Gasteiger partial charge is 0.143 e. The summed E-state index contributed by atoms with van der Waals surface area (Å²) < 4.78 is 6.18. The summed E-state index contributed by atoms with van der Waals surface area (Å²) in [5.74, 6) is 0.517. The van der Waals surface area contributed by atoms with Crippen molar-refractivity contribution in [3.63, 3.8) is 0 Å². The van der Waals surface area contributed by atoms with Crippen LogP contribution in [0.2, 0.25) is 0 Å². The van der Waals surface area contributed by atoms with Gasteiger partial charge in [-0.3, -0.25) is 0 Å². The highest BCUT2D eigenvalue weighted by Crippen LogP contribution is 2.36. The Hall–Kier alpha value is -2.54. The van der Waals surface area contributed by atoms with Gasteiger partial charge >= 0.3 is 0 Å². The second-order valence-electron chi connectivity index (χ2n) is 6.57. The normalized spacial score (nSPS) is 11.7. The first-order valence-corrected chi connectivity index (χ1v) is 8.16. The zero-order valence-corrected chi connectivity index (χ0v) is 13.8. The molecule has 0 aliphatic rings. The van der Waals surface area contributed by atoms with E-state index in [0.717, 1.165) is 11.2 Å². The molecule has 23 heavy (non-hydrogen) atoms. The summed E-state index contributed by atoms with van der Waals surface area (Å²) in [6, 6.07) is 21.5. The Labute approximate surface area is 136 Å². The van der Waals surface area contributed by atoms with Crippen LogP contribution in [0.25, 0.3) is 33.1 Å². The first-order valence-electron chi connectivity index (χ1n) is 8.16. The Bertz CT molecular complexity index is 1010. The fraction of sp³-hybridized carbons (Fsp3) is 0.182. The molecule has 0 aliphatic heterocycles. The molecule has 0 unspecified atom stereocenters. The Kier molecular flexibility index (Phi) is 3.23. The minimum Gasteiger partial charge on any atom is -0.455 e. The highest BCUT2D eigenvalue weighted by atomic mass is 16.3. The largest absolute Gasteiger partial charge is 0.455 e. The maximum atomic E-state index is 6.18. The van der Waals surface area contributed by atoms with Crippen molar-refractivity contribution < 1.29 is 4.42 Å². The Morgan fingerprint density at radius 3 is 2.43 bits per heavy atom. The Morgan fingerprint density at radius 1 is 0.826 bits per heavy atom. The number of rotatable bonds is 2. The van der Waals surface area contributed by atoms with E-state index >= 15 is 0 Å². The lowest BCUT2D eigenvalue weighted by molar-refractivity contribution is 0.670. The predicted octanol–water partition coefficient (Wildman–Crippen LogP) is 6.68. The second kappa shape index (κ2) is 5.27. The Morgan fingerprint density at radius 2 is 1.61 bits per heavy atom. The number of aryl methyl sites for hydroxylation is 1. The maximum Gasteiger partial charge on any atom is 0.143 e. The van der Waals surface area contributed by atoms with Crippen LogP contribution in [-0.4, -0.2) is 0 Å². The van der Waals surface area contributed by atoms with Gasteiger partial charge in [-0.15, -0.1) is 0 Å². The summed E-state index contributed by atoms with van der Waals surface area (Å²) in [5.41, 5.74) is 7.00. The molecule has 3 aromatic carbocycles. The van der Waals surface area contributed by atoms with E-state index in [1.165, 1.54) is 33.0 Å². The maximum absolute atomic E-state index is 6.18. The van der Waals surface area contributed by atoms with Crippen molar-refractivity contribution in [3.8, 4) is 11.1 Å². The van der Waals surface area contributed by atoms with Crippen molar-refractivity contribution in [2.45, 2.75) is 26.7 Å². The highest BCUT2D eigenvalue weighted by molar-refractivity contribution is 6.09. The molecule has 1 heteroatoms. The summed E-state index contributed by atoms with van der Waals surface area (Å²) >= 11 is 0. The molecule has 0 amide bonds. The molecule has 4 aromatic rings. The van der Waals surface area contributed by atoms with Crippen LogP contribution in [0.15, 0.2) is 65.1 Å². The van der Waals surface area contributed by atoms with Crippen molar-refractivity contribution in [1.29, 1.82) is 0 Å². The highest BCUT2D eigenvalue weighted by Gasteiger charge is 2.13. The van der Waals surface area contributed by atoms with Gasteiger partial charge in [0, 0.05) is 16.3 Å². The van der Waals surface area contributed by atoms with Gasteiger partial charge in [0.05, 0.1) is 0 Å². The molecular formula is C22H20O. The van der Waals surface area contributed by atoms with Crippen LogP contribution in [-0.2, 0) is 0 Å².